The van der Waals surface area contributed by atoms with E-state index in [0.717, 1.165) is 5.56 Å². The fourth-order valence-corrected chi connectivity index (χ4v) is 4.85. The van der Waals surface area contributed by atoms with E-state index in [1.54, 1.807) is 24.3 Å². The van der Waals surface area contributed by atoms with Crippen molar-refractivity contribution in [2.75, 3.05) is 5.73 Å². The molecular formula is C18H31NO10Si. The van der Waals surface area contributed by atoms with E-state index in [2.05, 4.69) is 0 Å². The molecule has 0 radical (unpaired) electrons. The molecule has 30 heavy (non-hydrogen) atoms. The van der Waals surface area contributed by atoms with Crippen LogP contribution in [0.4, 0.5) is 5.69 Å². The first-order valence-electron chi connectivity index (χ1n) is 9.64. The summed E-state index contributed by atoms with van der Waals surface area (Å²) in [6, 6.07) is 6.62. The highest BCUT2D eigenvalue weighted by Crippen LogP contribution is 2.25. The summed E-state index contributed by atoms with van der Waals surface area (Å²) < 4.78 is 5.35. The maximum Gasteiger partial charge on any atom is 0.496 e. The van der Waals surface area contributed by atoms with Gasteiger partial charge in [0.15, 0.2) is 0 Å². The molecule has 2 rings (SSSR count). The molecule has 1 aromatic carbocycles. The first-order valence-corrected chi connectivity index (χ1v) is 11.7. The van der Waals surface area contributed by atoms with Crippen molar-refractivity contribution in [3.05, 3.63) is 29.8 Å². The molecule has 0 aromatic heterocycles. The second-order valence-corrected chi connectivity index (χ2v) is 10.0. The van der Waals surface area contributed by atoms with Gasteiger partial charge in [0, 0.05) is 24.6 Å². The van der Waals surface area contributed by atoms with Crippen molar-refractivity contribution in [3.8, 4) is 0 Å². The molecule has 1 aliphatic rings. The molecule has 5 unspecified atom stereocenters. The van der Waals surface area contributed by atoms with Gasteiger partial charge >= 0.3 is 8.80 Å². The summed E-state index contributed by atoms with van der Waals surface area (Å²) in [5, 5.41) is 69.9. The molecule has 0 heterocycles. The second kappa shape index (κ2) is 10.4. The minimum Gasteiger partial charge on any atom is -0.399 e. The van der Waals surface area contributed by atoms with Gasteiger partial charge in [-0.1, -0.05) is 12.1 Å². The van der Waals surface area contributed by atoms with E-state index in [0.29, 0.717) is 5.69 Å². The molecule has 1 aromatic rings. The summed E-state index contributed by atoms with van der Waals surface area (Å²) in [7, 11) is -4.30. The number of nitrogens with two attached hydrogens (primary N) is 1. The van der Waals surface area contributed by atoms with Crippen LogP contribution in [0.3, 0.4) is 0 Å². The zero-order valence-corrected chi connectivity index (χ0v) is 17.3. The summed E-state index contributed by atoms with van der Waals surface area (Å²) in [5.74, 6) is 0. The lowest BCUT2D eigenvalue weighted by molar-refractivity contribution is -0.179. The summed E-state index contributed by atoms with van der Waals surface area (Å²) in [6.07, 6.45) is -15.1. The van der Waals surface area contributed by atoms with Crippen molar-refractivity contribution >= 4 is 14.5 Å². The Labute approximate surface area is 174 Å². The zero-order valence-electron chi connectivity index (χ0n) is 16.3. The van der Waals surface area contributed by atoms with Crippen molar-refractivity contribution in [2.24, 2.45) is 0 Å². The molecule has 1 fully saturated rings. The van der Waals surface area contributed by atoms with Gasteiger partial charge in [0.2, 0.25) is 0 Å². The molecule has 0 bridgehead atoms. The summed E-state index contributed by atoms with van der Waals surface area (Å²) >= 11 is 0. The van der Waals surface area contributed by atoms with E-state index in [4.69, 9.17) is 10.2 Å². The van der Waals surface area contributed by atoms with E-state index in [1.807, 2.05) is 0 Å². The number of anilines is 1. The van der Waals surface area contributed by atoms with Gasteiger partial charge in [0.1, 0.15) is 30.5 Å². The molecule has 1 saturated carbocycles. The molecule has 11 N–H and O–H groups in total. The molecule has 0 aliphatic heterocycles. The molecule has 0 spiro atoms. The maximum absolute atomic E-state index is 10.3. The minimum absolute atomic E-state index is 0.144. The number of rotatable bonds is 5. The van der Waals surface area contributed by atoms with Crippen LogP contribution in [-0.2, 0) is 10.8 Å². The van der Waals surface area contributed by atoms with E-state index >= 15 is 0 Å². The third-order valence-corrected chi connectivity index (χ3v) is 6.88. The number of hydrogen-bond donors (Lipinski definition) is 10. The Kier molecular flexibility index (Phi) is 8.73. The van der Waals surface area contributed by atoms with Crippen molar-refractivity contribution in [3.63, 3.8) is 0 Å². The average Bonchev–Trinajstić information content (AvgIpc) is 2.69. The third-order valence-electron chi connectivity index (χ3n) is 5.27. The highest BCUT2D eigenvalue weighted by molar-refractivity contribution is 6.57. The van der Waals surface area contributed by atoms with Gasteiger partial charge in [-0.15, -0.1) is 0 Å². The van der Waals surface area contributed by atoms with Gasteiger partial charge in [0.25, 0.3) is 0 Å². The Morgan fingerprint density at radius 3 is 1.67 bits per heavy atom. The van der Waals surface area contributed by atoms with Crippen LogP contribution in [0.5, 0.6) is 0 Å². The molecule has 0 amide bonds. The van der Waals surface area contributed by atoms with Crippen LogP contribution in [0, 0.1) is 0 Å². The third kappa shape index (κ3) is 6.67. The lowest BCUT2D eigenvalue weighted by Gasteiger charge is -2.37. The largest absolute Gasteiger partial charge is 0.496 e. The van der Waals surface area contributed by atoms with Crippen LogP contribution < -0.4 is 5.73 Å². The predicted molar refractivity (Wildman–Crippen MR) is 106 cm³/mol. The number of benzene rings is 1. The Bertz CT molecular complexity index is 639. The van der Waals surface area contributed by atoms with Crippen LogP contribution in [0.1, 0.15) is 18.4 Å². The van der Waals surface area contributed by atoms with Crippen LogP contribution in [0.15, 0.2) is 24.3 Å². The summed E-state index contributed by atoms with van der Waals surface area (Å²) in [4.78, 5) is 20.7. The average molecular weight is 450 g/mol. The van der Waals surface area contributed by atoms with Crippen LogP contribution in [0.25, 0.3) is 0 Å². The van der Waals surface area contributed by atoms with E-state index in [9.17, 15) is 45.3 Å². The monoisotopic (exact) mass is 449 g/mol. The first kappa shape index (κ1) is 25.1. The summed E-state index contributed by atoms with van der Waals surface area (Å²) in [5.41, 5.74) is 6.95. The SMILES string of the molecule is Nc1ccc(CC[Si](O)(O)O[C@H]2CC(O)C(O)C(O)C(O)C(O)[C@@H](O)[C@@H](O)C2)cc1. The molecule has 0 saturated heterocycles. The standard InChI is InChI=1S/C18H31NO10Si/c19-10-3-1-9(2-4-10)5-6-30(27,28)29-11-7-12(20)14(22)16(24)18(26)17(25)15(23)13(21)8-11/h1-4,11-18,20-28H,5-8,19H2/t11-,12+,13?,14+,15?,16?,17?,18?/m1/s1. The van der Waals surface area contributed by atoms with E-state index in [-0.39, 0.29) is 12.5 Å². The fourth-order valence-electron chi connectivity index (χ4n) is 3.39. The topological polar surface area (TPSA) is 217 Å². The Morgan fingerprint density at radius 2 is 1.20 bits per heavy atom. The highest BCUT2D eigenvalue weighted by atomic mass is 28.4. The minimum atomic E-state index is -4.30. The van der Waals surface area contributed by atoms with Crippen LogP contribution in [-0.4, -0.2) is 103 Å². The van der Waals surface area contributed by atoms with Crippen LogP contribution in [0.2, 0.25) is 6.04 Å². The molecule has 172 valence electrons. The van der Waals surface area contributed by atoms with Crippen molar-refractivity contribution < 1.29 is 49.8 Å². The van der Waals surface area contributed by atoms with Gasteiger partial charge in [-0.3, -0.25) is 0 Å². The Hall–Kier alpha value is -1.16. The number of aliphatic hydroxyl groups is 7. The number of hydrogen-bond acceptors (Lipinski definition) is 11. The summed E-state index contributed by atoms with van der Waals surface area (Å²) in [6.45, 7) is 0. The van der Waals surface area contributed by atoms with Crippen molar-refractivity contribution in [1.29, 1.82) is 0 Å². The molecule has 12 heteroatoms. The lowest BCUT2D eigenvalue weighted by atomic mass is 9.88. The smallest absolute Gasteiger partial charge is 0.399 e. The fraction of sp³-hybridized carbons (Fsp3) is 0.667. The first-order chi connectivity index (χ1) is 13.9. The van der Waals surface area contributed by atoms with Gasteiger partial charge in [0.05, 0.1) is 18.3 Å². The number of aryl methyl sites for hydroxylation is 1. The highest BCUT2D eigenvalue weighted by Gasteiger charge is 2.44. The zero-order chi connectivity index (χ0) is 22.6. The van der Waals surface area contributed by atoms with E-state index < -0.39 is 70.5 Å². The second-order valence-electron chi connectivity index (χ2n) is 7.78. The maximum atomic E-state index is 10.3. The Morgan fingerprint density at radius 1 is 0.767 bits per heavy atom. The van der Waals surface area contributed by atoms with Crippen LogP contribution >= 0.6 is 0 Å². The molecule has 1 aliphatic carbocycles. The van der Waals surface area contributed by atoms with E-state index in [1.165, 1.54) is 0 Å². The molecular weight excluding hydrogens is 418 g/mol. The van der Waals surface area contributed by atoms with Gasteiger partial charge in [-0.2, -0.15) is 0 Å². The van der Waals surface area contributed by atoms with Gasteiger partial charge < -0.3 is 55.5 Å². The molecule has 8 atom stereocenters. The number of aliphatic hydroxyl groups excluding tert-OH is 7. The lowest BCUT2D eigenvalue weighted by Crippen LogP contribution is -2.57. The van der Waals surface area contributed by atoms with Crippen molar-refractivity contribution in [2.45, 2.75) is 74.1 Å². The quantitative estimate of drug-likeness (QED) is 0.157. The number of nitrogen functional groups attached to an aromatic ring is 1. The molecule has 11 nitrogen and oxygen atoms in total. The van der Waals surface area contributed by atoms with Crippen molar-refractivity contribution in [1.82, 2.24) is 0 Å². The van der Waals surface area contributed by atoms with Gasteiger partial charge in [-0.25, -0.2) is 0 Å². The normalized spacial score (nSPS) is 36.4. The van der Waals surface area contributed by atoms with Gasteiger partial charge in [-0.05, 0) is 24.1 Å². The predicted octanol–water partition coefficient (Wildman–Crippen LogP) is -3.56. The Balaban J connectivity index is 2.09.